The van der Waals surface area contributed by atoms with Crippen LogP contribution >= 0.6 is 11.3 Å². The van der Waals surface area contributed by atoms with Crippen LogP contribution in [0.1, 0.15) is 32.0 Å². The fourth-order valence-corrected chi connectivity index (χ4v) is 5.31. The molecule has 1 fully saturated rings. The maximum Gasteiger partial charge on any atom is 0.272 e. The lowest BCUT2D eigenvalue weighted by atomic mass is 10.2. The number of amides is 1. The number of anilines is 1. The number of hydrogen-bond acceptors (Lipinski definition) is 6. The molecule has 0 saturated carbocycles. The number of piperazine rings is 1. The van der Waals surface area contributed by atoms with Gasteiger partial charge in [0, 0.05) is 51.3 Å². The predicted molar refractivity (Wildman–Crippen MR) is 131 cm³/mol. The van der Waals surface area contributed by atoms with Crippen molar-refractivity contribution in [2.75, 3.05) is 31.1 Å². The first-order valence-electron chi connectivity index (χ1n) is 11.6. The van der Waals surface area contributed by atoms with E-state index in [2.05, 4.69) is 34.2 Å². The molecule has 1 amide bonds. The van der Waals surface area contributed by atoms with E-state index in [1.165, 1.54) is 17.0 Å². The van der Waals surface area contributed by atoms with Crippen LogP contribution < -0.4 is 10.5 Å². The van der Waals surface area contributed by atoms with Crippen molar-refractivity contribution in [3.8, 4) is 0 Å². The number of nitrogens with zero attached hydrogens (tertiary/aromatic N) is 6. The van der Waals surface area contributed by atoms with Gasteiger partial charge >= 0.3 is 0 Å². The number of para-hydroxylation sites is 1. The van der Waals surface area contributed by atoms with Gasteiger partial charge in [0.2, 0.25) is 11.7 Å². The van der Waals surface area contributed by atoms with Gasteiger partial charge < -0.3 is 9.80 Å². The summed E-state index contributed by atoms with van der Waals surface area (Å²) in [4.78, 5) is 30.2. The Morgan fingerprint density at radius 1 is 1.06 bits per heavy atom. The molecule has 0 bridgehead atoms. The van der Waals surface area contributed by atoms with E-state index < -0.39 is 0 Å². The molecule has 0 unspecified atom stereocenters. The molecule has 33 heavy (non-hydrogen) atoms. The van der Waals surface area contributed by atoms with Crippen LogP contribution in [0.4, 0.5) is 5.69 Å². The highest BCUT2D eigenvalue weighted by molar-refractivity contribution is 7.17. The summed E-state index contributed by atoms with van der Waals surface area (Å²) in [5.74, 6) is 1.44. The highest BCUT2D eigenvalue weighted by Crippen LogP contribution is 2.21. The fourth-order valence-electron chi connectivity index (χ4n) is 4.49. The largest absolute Gasteiger partial charge is 0.368 e. The normalized spacial score (nSPS) is 14.5. The summed E-state index contributed by atoms with van der Waals surface area (Å²) in [6.45, 7) is 5.84. The van der Waals surface area contributed by atoms with Crippen molar-refractivity contribution in [3.63, 3.8) is 0 Å². The van der Waals surface area contributed by atoms with Crippen molar-refractivity contribution in [1.29, 1.82) is 0 Å². The molecule has 0 aliphatic carbocycles. The van der Waals surface area contributed by atoms with E-state index in [4.69, 9.17) is 0 Å². The molecule has 0 atom stereocenters. The molecule has 9 heteroatoms. The summed E-state index contributed by atoms with van der Waals surface area (Å²) in [5, 5.41) is 10.7. The number of aryl methyl sites for hydroxylation is 2. The average molecular weight is 465 g/mol. The third kappa shape index (κ3) is 4.13. The van der Waals surface area contributed by atoms with Crippen molar-refractivity contribution >= 4 is 38.9 Å². The Morgan fingerprint density at radius 2 is 1.85 bits per heavy atom. The van der Waals surface area contributed by atoms with Crippen molar-refractivity contribution < 1.29 is 4.79 Å². The van der Waals surface area contributed by atoms with Crippen molar-refractivity contribution in [1.82, 2.24) is 24.1 Å². The Morgan fingerprint density at radius 3 is 2.61 bits per heavy atom. The van der Waals surface area contributed by atoms with Gasteiger partial charge in [-0.15, -0.1) is 21.5 Å². The number of benzene rings is 1. The summed E-state index contributed by atoms with van der Waals surface area (Å²) in [5.41, 5.74) is 2.03. The van der Waals surface area contributed by atoms with Crippen molar-refractivity contribution in [2.45, 2.75) is 39.2 Å². The fraction of sp³-hybridized carbons (Fsp3) is 0.417. The lowest BCUT2D eigenvalue weighted by Gasteiger charge is -2.36. The molecular weight excluding hydrogens is 436 g/mol. The lowest BCUT2D eigenvalue weighted by molar-refractivity contribution is -0.131. The highest BCUT2D eigenvalue weighted by Gasteiger charge is 2.23. The summed E-state index contributed by atoms with van der Waals surface area (Å²) >= 11 is 1.44. The molecule has 4 aromatic rings. The van der Waals surface area contributed by atoms with E-state index in [1.807, 2.05) is 38.9 Å². The molecule has 172 valence electrons. The molecule has 5 rings (SSSR count). The van der Waals surface area contributed by atoms with E-state index in [1.54, 1.807) is 4.57 Å². The number of carbonyl (C=O) groups is 1. The number of thiophene rings is 1. The molecule has 4 heterocycles. The SMILES string of the molecule is CCCCn1c(=O)c2sccc2n2c(CCC(=O)N3CCN(c4ccccc4)CC3)nnc12. The third-order valence-corrected chi connectivity index (χ3v) is 7.22. The summed E-state index contributed by atoms with van der Waals surface area (Å²) in [6.07, 6.45) is 2.78. The molecule has 0 spiro atoms. The van der Waals surface area contributed by atoms with Crippen LogP contribution in [0.3, 0.4) is 0 Å². The first kappa shape index (κ1) is 21.6. The Balaban J connectivity index is 1.31. The molecule has 0 N–H and O–H groups in total. The maximum atomic E-state index is 12.9. The minimum Gasteiger partial charge on any atom is -0.368 e. The van der Waals surface area contributed by atoms with Crippen LogP contribution in [0.25, 0.3) is 16.0 Å². The Hall–Kier alpha value is -3.20. The zero-order valence-corrected chi connectivity index (χ0v) is 19.6. The van der Waals surface area contributed by atoms with Crippen molar-refractivity contribution in [2.24, 2.45) is 0 Å². The van der Waals surface area contributed by atoms with E-state index >= 15 is 0 Å². The third-order valence-electron chi connectivity index (χ3n) is 6.33. The van der Waals surface area contributed by atoms with E-state index in [9.17, 15) is 9.59 Å². The Kier molecular flexibility index (Phi) is 6.13. The first-order valence-corrected chi connectivity index (χ1v) is 12.5. The van der Waals surface area contributed by atoms with E-state index in [-0.39, 0.29) is 11.5 Å². The van der Waals surface area contributed by atoms with Gasteiger partial charge in [-0.2, -0.15) is 0 Å². The topological polar surface area (TPSA) is 75.7 Å². The maximum absolute atomic E-state index is 12.9. The predicted octanol–water partition coefficient (Wildman–Crippen LogP) is 3.19. The zero-order valence-electron chi connectivity index (χ0n) is 18.8. The number of hydrogen-bond donors (Lipinski definition) is 0. The second-order valence-corrected chi connectivity index (χ2v) is 9.32. The van der Waals surface area contributed by atoms with Gasteiger partial charge in [-0.25, -0.2) is 0 Å². The number of aromatic nitrogens is 4. The van der Waals surface area contributed by atoms with Gasteiger partial charge in [-0.05, 0) is 30.0 Å². The molecule has 8 nitrogen and oxygen atoms in total. The molecule has 3 aromatic heterocycles. The van der Waals surface area contributed by atoms with E-state index in [0.717, 1.165) is 50.4 Å². The Bertz CT molecular complexity index is 1320. The zero-order chi connectivity index (χ0) is 22.8. The molecule has 0 radical (unpaired) electrons. The van der Waals surface area contributed by atoms with Crippen LogP contribution in [0.15, 0.2) is 46.6 Å². The van der Waals surface area contributed by atoms with Crippen LogP contribution in [0.2, 0.25) is 0 Å². The number of unbranched alkanes of at least 4 members (excludes halogenated alkanes) is 1. The van der Waals surface area contributed by atoms with Gasteiger partial charge in [0.1, 0.15) is 10.5 Å². The highest BCUT2D eigenvalue weighted by atomic mass is 32.1. The summed E-state index contributed by atoms with van der Waals surface area (Å²) in [6, 6.07) is 12.3. The van der Waals surface area contributed by atoms with Gasteiger partial charge in [0.15, 0.2) is 0 Å². The van der Waals surface area contributed by atoms with Gasteiger partial charge in [0.05, 0.1) is 5.52 Å². The number of rotatable bonds is 7. The number of fused-ring (bicyclic) bond motifs is 3. The van der Waals surface area contributed by atoms with Crippen LogP contribution in [-0.2, 0) is 17.8 Å². The van der Waals surface area contributed by atoms with E-state index in [0.29, 0.717) is 29.9 Å². The van der Waals surface area contributed by atoms with Gasteiger partial charge in [-0.1, -0.05) is 31.5 Å². The van der Waals surface area contributed by atoms with Crippen LogP contribution in [0, 0.1) is 0 Å². The van der Waals surface area contributed by atoms with Crippen LogP contribution in [-0.4, -0.2) is 56.2 Å². The molecule has 1 aliphatic rings. The minimum atomic E-state index is -0.00716. The second kappa shape index (κ2) is 9.35. The standard InChI is InChI=1S/C24H28N6O2S/c1-2-3-12-29-23(32)22-19(11-17-33-22)30-20(25-26-24(29)30)9-10-21(31)28-15-13-27(14-16-28)18-7-5-4-6-8-18/h4-8,11,17H,2-3,9-10,12-16H2,1H3. The number of carbonyl (C=O) groups excluding carboxylic acids is 1. The average Bonchev–Trinajstić information content (AvgIpc) is 3.50. The monoisotopic (exact) mass is 464 g/mol. The quantitative estimate of drug-likeness (QED) is 0.420. The molecular formula is C24H28N6O2S. The smallest absolute Gasteiger partial charge is 0.272 e. The summed E-state index contributed by atoms with van der Waals surface area (Å²) in [7, 11) is 0. The second-order valence-electron chi connectivity index (χ2n) is 8.40. The minimum absolute atomic E-state index is 0.00716. The molecule has 1 aromatic carbocycles. The van der Waals surface area contributed by atoms with Gasteiger partial charge in [-0.3, -0.25) is 18.6 Å². The lowest BCUT2D eigenvalue weighted by Crippen LogP contribution is -2.48. The Labute approximate surface area is 196 Å². The first-order chi connectivity index (χ1) is 16.2. The molecule has 1 aliphatic heterocycles. The van der Waals surface area contributed by atoms with Gasteiger partial charge in [0.25, 0.3) is 5.56 Å². The van der Waals surface area contributed by atoms with Crippen molar-refractivity contribution in [3.05, 3.63) is 58.0 Å². The summed E-state index contributed by atoms with van der Waals surface area (Å²) < 4.78 is 4.40. The van der Waals surface area contributed by atoms with Crippen LogP contribution in [0.5, 0.6) is 0 Å². The molecule has 1 saturated heterocycles.